The molecule has 0 radical (unpaired) electrons. The van der Waals surface area contributed by atoms with E-state index in [1.165, 1.54) is 0 Å². The molecule has 0 amide bonds. The fourth-order valence-electron chi connectivity index (χ4n) is 7.23. The second-order valence-corrected chi connectivity index (χ2v) is 12.4. The summed E-state index contributed by atoms with van der Waals surface area (Å²) in [5, 5.41) is 9.04. The SMILES string of the molecule is C=C(C)c1ccc2c(-c3cccc4c3oc3ccccc34)c3cc(C(=C)C)ccc3c(-c3cccc4c3oc3ccccc34)c2c1. The monoisotopic (exact) mass is 590 g/mol. The fraction of sp³-hybridized carbons (Fsp3) is 0.0455. The van der Waals surface area contributed by atoms with Crippen LogP contribution in [-0.2, 0) is 0 Å². The number of hydrogen-bond acceptors (Lipinski definition) is 2. The highest BCUT2D eigenvalue weighted by molar-refractivity contribution is 6.26. The van der Waals surface area contributed by atoms with Crippen LogP contribution in [0.3, 0.4) is 0 Å². The average Bonchev–Trinajstić information content (AvgIpc) is 3.65. The zero-order chi connectivity index (χ0) is 31.1. The summed E-state index contributed by atoms with van der Waals surface area (Å²) in [6, 6.07) is 43.0. The number of benzene rings is 7. The second-order valence-electron chi connectivity index (χ2n) is 12.4. The summed E-state index contributed by atoms with van der Waals surface area (Å²) < 4.78 is 13.3. The van der Waals surface area contributed by atoms with Gasteiger partial charge >= 0.3 is 0 Å². The summed E-state index contributed by atoms with van der Waals surface area (Å²) in [5.41, 5.74) is 12.2. The van der Waals surface area contributed by atoms with Crippen molar-refractivity contribution in [2.24, 2.45) is 0 Å². The van der Waals surface area contributed by atoms with Crippen LogP contribution in [0.5, 0.6) is 0 Å². The maximum Gasteiger partial charge on any atom is 0.143 e. The minimum atomic E-state index is 0.888. The third-order valence-corrected chi connectivity index (χ3v) is 9.45. The molecule has 0 aliphatic heterocycles. The van der Waals surface area contributed by atoms with Gasteiger partial charge in [0.15, 0.2) is 0 Å². The second kappa shape index (κ2) is 9.82. The summed E-state index contributed by atoms with van der Waals surface area (Å²) >= 11 is 0. The van der Waals surface area contributed by atoms with E-state index in [2.05, 4.69) is 124 Å². The van der Waals surface area contributed by atoms with Crippen LogP contribution in [0, 0.1) is 0 Å². The Hall–Kier alpha value is -5.86. The molecule has 9 rings (SSSR count). The lowest BCUT2D eigenvalue weighted by Crippen LogP contribution is -1.94. The van der Waals surface area contributed by atoms with E-state index >= 15 is 0 Å². The average molecular weight is 591 g/mol. The van der Waals surface area contributed by atoms with Crippen molar-refractivity contribution in [3.63, 3.8) is 0 Å². The molecule has 0 aliphatic rings. The maximum absolute atomic E-state index is 6.64. The molecule has 0 bridgehead atoms. The van der Waals surface area contributed by atoms with Gasteiger partial charge in [-0.15, -0.1) is 0 Å². The first kappa shape index (κ1) is 26.5. The topological polar surface area (TPSA) is 26.3 Å². The first-order valence-corrected chi connectivity index (χ1v) is 15.6. The van der Waals surface area contributed by atoms with Crippen molar-refractivity contribution in [2.75, 3.05) is 0 Å². The van der Waals surface area contributed by atoms with Crippen molar-refractivity contribution in [2.45, 2.75) is 13.8 Å². The largest absolute Gasteiger partial charge is 0.455 e. The first-order valence-electron chi connectivity index (χ1n) is 15.6. The van der Waals surface area contributed by atoms with Crippen LogP contribution >= 0.6 is 0 Å². The highest BCUT2D eigenvalue weighted by Gasteiger charge is 2.23. The molecule has 2 nitrogen and oxygen atoms in total. The lowest BCUT2D eigenvalue weighted by Gasteiger charge is -2.20. The zero-order valence-corrected chi connectivity index (χ0v) is 25.8. The van der Waals surface area contributed by atoms with Crippen LogP contribution in [0.1, 0.15) is 25.0 Å². The molecule has 0 fully saturated rings. The Kier molecular flexibility index (Phi) is 5.67. The minimum absolute atomic E-state index is 0.888. The normalized spacial score (nSPS) is 11.9. The summed E-state index contributed by atoms with van der Waals surface area (Å²) in [6.45, 7) is 12.8. The molecule has 7 aromatic carbocycles. The molecule has 0 spiro atoms. The molecule has 0 saturated carbocycles. The molecule has 0 aliphatic carbocycles. The molecule has 9 aromatic rings. The van der Waals surface area contributed by atoms with Gasteiger partial charge in [-0.3, -0.25) is 0 Å². The van der Waals surface area contributed by atoms with E-state index in [0.29, 0.717) is 0 Å². The van der Waals surface area contributed by atoms with Crippen LogP contribution in [0.15, 0.2) is 143 Å². The lowest BCUT2D eigenvalue weighted by molar-refractivity contribution is 0.669. The molecule has 0 N–H and O–H groups in total. The number of fused-ring (bicyclic) bond motifs is 8. The molecular formula is C44H30O2. The van der Waals surface area contributed by atoms with Gasteiger partial charge in [-0.05, 0) is 70.8 Å². The summed E-state index contributed by atoms with van der Waals surface area (Å²) in [6.07, 6.45) is 0. The van der Waals surface area contributed by atoms with Crippen LogP contribution in [-0.4, -0.2) is 0 Å². The molecule has 0 saturated heterocycles. The molecule has 218 valence electrons. The number of rotatable bonds is 4. The molecule has 46 heavy (non-hydrogen) atoms. The predicted octanol–water partition coefficient (Wildman–Crippen LogP) is 13.2. The Bertz CT molecular complexity index is 2560. The van der Waals surface area contributed by atoms with Gasteiger partial charge in [0, 0.05) is 43.8 Å². The standard InChI is InChI=1S/C44H30O2/c1-25(2)27-19-21-31-37(23-27)41(35-15-9-13-33-29-11-5-7-17-39(29)45-43(33)35)32-22-20-28(26(3)4)24-38(32)42(31)36-16-10-14-34-30-12-6-8-18-40(30)46-44(34)36/h5-24H,1,3H2,2,4H3. The van der Waals surface area contributed by atoms with Gasteiger partial charge in [0.25, 0.3) is 0 Å². The molecule has 2 heterocycles. The van der Waals surface area contributed by atoms with Gasteiger partial charge in [-0.25, -0.2) is 0 Å². The molecule has 0 unspecified atom stereocenters. The molecule has 2 aromatic heterocycles. The van der Waals surface area contributed by atoms with E-state index in [1.807, 2.05) is 24.3 Å². The summed E-state index contributed by atoms with van der Waals surface area (Å²) in [7, 11) is 0. The predicted molar refractivity (Wildman–Crippen MR) is 196 cm³/mol. The van der Waals surface area contributed by atoms with Crippen LogP contribution < -0.4 is 0 Å². The Morgan fingerprint density at radius 2 is 0.826 bits per heavy atom. The van der Waals surface area contributed by atoms with Crippen LogP contribution in [0.4, 0.5) is 0 Å². The van der Waals surface area contributed by atoms with Crippen molar-refractivity contribution >= 4 is 76.6 Å². The summed E-state index contributed by atoms with van der Waals surface area (Å²) in [5.74, 6) is 0. The van der Waals surface area contributed by atoms with Gasteiger partial charge < -0.3 is 8.83 Å². The Labute approximate surface area is 266 Å². The fourth-order valence-corrected chi connectivity index (χ4v) is 7.23. The van der Waals surface area contributed by atoms with Gasteiger partial charge in [0.1, 0.15) is 22.3 Å². The number of para-hydroxylation sites is 4. The smallest absolute Gasteiger partial charge is 0.143 e. The van der Waals surface area contributed by atoms with Crippen molar-refractivity contribution < 1.29 is 8.83 Å². The van der Waals surface area contributed by atoms with Crippen molar-refractivity contribution in [3.05, 3.63) is 146 Å². The van der Waals surface area contributed by atoms with Crippen molar-refractivity contribution in [3.8, 4) is 22.3 Å². The minimum Gasteiger partial charge on any atom is -0.455 e. The highest BCUT2D eigenvalue weighted by atomic mass is 16.3. The van der Waals surface area contributed by atoms with E-state index < -0.39 is 0 Å². The molecule has 2 heteroatoms. The highest BCUT2D eigenvalue weighted by Crippen LogP contribution is 2.49. The van der Waals surface area contributed by atoms with Crippen LogP contribution in [0.2, 0.25) is 0 Å². The quantitative estimate of drug-likeness (QED) is 0.191. The van der Waals surface area contributed by atoms with Gasteiger partial charge in [0.05, 0.1) is 0 Å². The van der Waals surface area contributed by atoms with E-state index in [4.69, 9.17) is 8.83 Å². The van der Waals surface area contributed by atoms with Gasteiger partial charge in [-0.1, -0.05) is 121 Å². The van der Waals surface area contributed by atoms with Gasteiger partial charge in [0.2, 0.25) is 0 Å². The van der Waals surface area contributed by atoms with Crippen molar-refractivity contribution in [1.29, 1.82) is 0 Å². The van der Waals surface area contributed by atoms with Crippen LogP contribution in [0.25, 0.3) is 98.8 Å². The number of furan rings is 2. The maximum atomic E-state index is 6.64. The van der Waals surface area contributed by atoms with E-state index in [0.717, 1.165) is 110 Å². The number of allylic oxidation sites excluding steroid dienone is 2. The van der Waals surface area contributed by atoms with E-state index in [-0.39, 0.29) is 0 Å². The molecule has 0 atom stereocenters. The van der Waals surface area contributed by atoms with Crippen molar-refractivity contribution in [1.82, 2.24) is 0 Å². The van der Waals surface area contributed by atoms with E-state index in [9.17, 15) is 0 Å². The Morgan fingerprint density at radius 1 is 0.413 bits per heavy atom. The third kappa shape index (κ3) is 3.77. The third-order valence-electron chi connectivity index (χ3n) is 9.45. The molecular weight excluding hydrogens is 560 g/mol. The Morgan fingerprint density at radius 3 is 1.26 bits per heavy atom. The Balaban J connectivity index is 1.51. The number of hydrogen-bond donors (Lipinski definition) is 0. The summed E-state index contributed by atoms with van der Waals surface area (Å²) in [4.78, 5) is 0. The van der Waals surface area contributed by atoms with E-state index in [1.54, 1.807) is 0 Å². The zero-order valence-electron chi connectivity index (χ0n) is 25.8. The first-order chi connectivity index (χ1) is 22.5. The van der Waals surface area contributed by atoms with Gasteiger partial charge in [-0.2, -0.15) is 0 Å². The lowest BCUT2D eigenvalue weighted by atomic mass is 9.83.